The number of benzene rings is 1. The van der Waals surface area contributed by atoms with Crippen molar-refractivity contribution in [3.05, 3.63) is 63.9 Å². The van der Waals surface area contributed by atoms with Crippen molar-refractivity contribution in [1.82, 2.24) is 4.90 Å². The van der Waals surface area contributed by atoms with Crippen LogP contribution >= 0.6 is 0 Å². The van der Waals surface area contributed by atoms with E-state index in [0.29, 0.717) is 0 Å². The molecule has 9 nitrogen and oxygen atoms in total. The Morgan fingerprint density at radius 1 is 1.07 bits per heavy atom. The summed E-state index contributed by atoms with van der Waals surface area (Å²) in [6.45, 7) is 1.48. The highest BCUT2D eigenvalue weighted by molar-refractivity contribution is 6.19. The summed E-state index contributed by atoms with van der Waals surface area (Å²) in [5.74, 6) is -3.50. The summed E-state index contributed by atoms with van der Waals surface area (Å²) in [4.78, 5) is 47.9. The summed E-state index contributed by atoms with van der Waals surface area (Å²) < 4.78 is 5.65. The van der Waals surface area contributed by atoms with E-state index < -0.39 is 23.8 Å². The van der Waals surface area contributed by atoms with Crippen molar-refractivity contribution in [2.24, 2.45) is 0 Å². The van der Waals surface area contributed by atoms with Crippen molar-refractivity contribution in [3.8, 4) is 17.4 Å². The first kappa shape index (κ1) is 20.3. The summed E-state index contributed by atoms with van der Waals surface area (Å²) in [7, 11) is 1.26. The van der Waals surface area contributed by atoms with Crippen molar-refractivity contribution in [2.45, 2.75) is 6.92 Å². The Bertz CT molecular complexity index is 1190. The second kappa shape index (κ2) is 7.52. The van der Waals surface area contributed by atoms with E-state index in [2.05, 4.69) is 0 Å². The number of hydrogen-bond acceptors (Lipinski definition) is 6. The number of rotatable bonds is 4. The highest BCUT2D eigenvalue weighted by Crippen LogP contribution is 2.29. The fourth-order valence-corrected chi connectivity index (χ4v) is 2.94. The Kier molecular flexibility index (Phi) is 5.09. The van der Waals surface area contributed by atoms with Gasteiger partial charge in [0.05, 0.1) is 11.1 Å². The smallest absolute Gasteiger partial charge is 0.335 e. The zero-order chi connectivity index (χ0) is 22.2. The molecular weight excluding hydrogens is 392 g/mol. The van der Waals surface area contributed by atoms with Crippen molar-refractivity contribution in [3.63, 3.8) is 0 Å². The largest absolute Gasteiger partial charge is 0.478 e. The fraction of sp³-hybridized carbons (Fsp3) is 0.0952. The molecule has 0 radical (unpaired) electrons. The van der Waals surface area contributed by atoms with E-state index in [1.807, 2.05) is 0 Å². The van der Waals surface area contributed by atoms with Gasteiger partial charge in [-0.3, -0.25) is 14.5 Å². The third kappa shape index (κ3) is 3.49. The molecule has 0 spiro atoms. The number of amides is 2. The summed E-state index contributed by atoms with van der Waals surface area (Å²) in [5, 5.41) is 27.6. The van der Waals surface area contributed by atoms with Gasteiger partial charge in [0.25, 0.3) is 11.8 Å². The maximum absolute atomic E-state index is 12.4. The molecule has 3 rings (SSSR count). The van der Waals surface area contributed by atoms with E-state index in [-0.39, 0.29) is 44.9 Å². The Balaban J connectivity index is 2.08. The molecule has 0 atom stereocenters. The minimum Gasteiger partial charge on any atom is -0.478 e. The van der Waals surface area contributed by atoms with Gasteiger partial charge in [-0.05, 0) is 48.9 Å². The van der Waals surface area contributed by atoms with Gasteiger partial charge in [-0.2, -0.15) is 5.26 Å². The molecule has 0 aliphatic carbocycles. The van der Waals surface area contributed by atoms with Crippen LogP contribution in [-0.4, -0.2) is 45.9 Å². The average Bonchev–Trinajstić information content (AvgIpc) is 3.18. The molecule has 0 unspecified atom stereocenters. The van der Waals surface area contributed by atoms with Gasteiger partial charge < -0.3 is 14.6 Å². The second-order valence-corrected chi connectivity index (χ2v) is 6.45. The summed E-state index contributed by atoms with van der Waals surface area (Å²) in [6.07, 6.45) is 1.36. The van der Waals surface area contributed by atoms with E-state index in [1.165, 1.54) is 44.3 Å². The van der Waals surface area contributed by atoms with Crippen molar-refractivity contribution in [2.75, 3.05) is 7.05 Å². The molecule has 1 aromatic heterocycles. The molecule has 0 fully saturated rings. The lowest BCUT2D eigenvalue weighted by molar-refractivity contribution is -0.138. The lowest BCUT2D eigenvalue weighted by Crippen LogP contribution is -2.39. The Labute approximate surface area is 169 Å². The SMILES string of the molecule is CC1=C(C#N)C(=O)N(C)C(=O)/C1=C/c1ccc(-c2cc(C(=O)O)cc(C(=O)O)c2)o1. The topological polar surface area (TPSA) is 149 Å². The fourth-order valence-electron chi connectivity index (χ4n) is 2.94. The van der Waals surface area contributed by atoms with Gasteiger partial charge >= 0.3 is 11.9 Å². The Hall–Kier alpha value is -4.45. The van der Waals surface area contributed by atoms with Crippen LogP contribution in [0, 0.1) is 11.3 Å². The van der Waals surface area contributed by atoms with Crippen LogP contribution in [0.5, 0.6) is 0 Å². The maximum atomic E-state index is 12.4. The molecule has 1 aliphatic rings. The van der Waals surface area contributed by atoms with Crippen LogP contribution in [-0.2, 0) is 9.59 Å². The number of furan rings is 1. The minimum atomic E-state index is -1.29. The number of carbonyl (C=O) groups is 4. The number of carboxylic acids is 2. The zero-order valence-corrected chi connectivity index (χ0v) is 15.8. The van der Waals surface area contributed by atoms with Gasteiger partial charge in [0, 0.05) is 18.2 Å². The van der Waals surface area contributed by atoms with E-state index >= 15 is 0 Å². The second-order valence-electron chi connectivity index (χ2n) is 6.45. The number of nitrogens with zero attached hydrogens (tertiary/aromatic N) is 2. The van der Waals surface area contributed by atoms with Crippen molar-refractivity contribution in [1.29, 1.82) is 5.26 Å². The van der Waals surface area contributed by atoms with Crippen molar-refractivity contribution >= 4 is 29.8 Å². The van der Waals surface area contributed by atoms with Gasteiger partial charge in [-0.1, -0.05) is 0 Å². The van der Waals surface area contributed by atoms with Crippen LogP contribution in [0.4, 0.5) is 0 Å². The van der Waals surface area contributed by atoms with E-state index in [4.69, 9.17) is 4.42 Å². The molecule has 2 N–H and O–H groups in total. The predicted molar refractivity (Wildman–Crippen MR) is 102 cm³/mol. The van der Waals surface area contributed by atoms with E-state index in [9.17, 15) is 34.7 Å². The monoisotopic (exact) mass is 406 g/mol. The molecule has 0 saturated carbocycles. The van der Waals surface area contributed by atoms with Gasteiger partial charge in [-0.25, -0.2) is 9.59 Å². The highest BCUT2D eigenvalue weighted by Gasteiger charge is 2.33. The molecular formula is C21H14N2O7. The number of carbonyl (C=O) groups excluding carboxylic acids is 2. The number of imide groups is 1. The van der Waals surface area contributed by atoms with E-state index in [0.717, 1.165) is 11.0 Å². The van der Waals surface area contributed by atoms with E-state index in [1.54, 1.807) is 6.07 Å². The lowest BCUT2D eigenvalue weighted by atomic mass is 9.95. The first-order valence-corrected chi connectivity index (χ1v) is 8.51. The van der Waals surface area contributed by atoms with Crippen LogP contribution in [0.2, 0.25) is 0 Å². The molecule has 2 amide bonds. The maximum Gasteiger partial charge on any atom is 0.335 e. The van der Waals surface area contributed by atoms with Gasteiger partial charge in [0.1, 0.15) is 23.2 Å². The minimum absolute atomic E-state index is 0.0973. The first-order valence-electron chi connectivity index (χ1n) is 8.51. The van der Waals surface area contributed by atoms with Gasteiger partial charge in [0.15, 0.2) is 0 Å². The Morgan fingerprint density at radius 2 is 1.67 bits per heavy atom. The number of likely N-dealkylation sites (N-methyl/N-ethyl adjacent to an activating group) is 1. The summed E-state index contributed by atoms with van der Waals surface area (Å²) >= 11 is 0. The first-order chi connectivity index (χ1) is 14.1. The number of hydrogen-bond donors (Lipinski definition) is 2. The van der Waals surface area contributed by atoms with Crippen LogP contribution in [0.1, 0.15) is 33.4 Å². The molecule has 30 heavy (non-hydrogen) atoms. The predicted octanol–water partition coefficient (Wildman–Crippen LogP) is 2.57. The molecule has 2 aromatic rings. The highest BCUT2D eigenvalue weighted by atomic mass is 16.4. The zero-order valence-electron chi connectivity index (χ0n) is 15.8. The standard InChI is InChI=1S/C21H14N2O7/c1-10-15(18(24)23(2)19(25)16(10)9-22)8-14-3-4-17(30-14)11-5-12(20(26)27)7-13(6-11)21(28)29/h3-8H,1-2H3,(H,26,27)(H,28,29)/b15-8+. The van der Waals surface area contributed by atoms with Crippen LogP contribution in [0.25, 0.3) is 17.4 Å². The third-order valence-electron chi connectivity index (χ3n) is 4.57. The molecule has 1 aliphatic heterocycles. The number of nitriles is 1. The molecule has 0 saturated heterocycles. The molecule has 150 valence electrons. The Morgan fingerprint density at radius 3 is 2.20 bits per heavy atom. The molecule has 2 heterocycles. The number of carboxylic acid groups (broad SMARTS) is 2. The molecule has 9 heteroatoms. The average molecular weight is 406 g/mol. The van der Waals surface area contributed by atoms with Crippen LogP contribution in [0.3, 0.4) is 0 Å². The quantitative estimate of drug-likeness (QED) is 0.581. The third-order valence-corrected chi connectivity index (χ3v) is 4.57. The number of aromatic carboxylic acids is 2. The van der Waals surface area contributed by atoms with Gasteiger partial charge in [-0.15, -0.1) is 0 Å². The van der Waals surface area contributed by atoms with Crippen LogP contribution in [0.15, 0.2) is 51.5 Å². The normalized spacial score (nSPS) is 15.5. The summed E-state index contributed by atoms with van der Waals surface area (Å²) in [6, 6.07) is 8.34. The lowest BCUT2D eigenvalue weighted by Gasteiger charge is -2.23. The van der Waals surface area contributed by atoms with Gasteiger partial charge in [0.2, 0.25) is 0 Å². The summed E-state index contributed by atoms with van der Waals surface area (Å²) in [5.41, 5.74) is -0.0632. The van der Waals surface area contributed by atoms with Crippen LogP contribution < -0.4 is 0 Å². The molecule has 1 aromatic carbocycles. The van der Waals surface area contributed by atoms with Crippen molar-refractivity contribution < 1.29 is 33.8 Å². The molecule has 0 bridgehead atoms.